The second kappa shape index (κ2) is 15.0. The second-order valence-corrected chi connectivity index (χ2v) is 6.81. The number of carbonyl (C=O) groups excluding carboxylic acids is 3. The molecular formula is C22H32N2O6. The number of rotatable bonds is 14. The minimum atomic E-state index is -1.24. The average Bonchev–Trinajstić information content (AvgIpc) is 2.77. The van der Waals surface area contributed by atoms with E-state index in [1.807, 2.05) is 24.3 Å². The number of hydrogen-bond acceptors (Lipinski definition) is 6. The normalized spacial score (nSPS) is 12.3. The van der Waals surface area contributed by atoms with E-state index in [4.69, 9.17) is 9.47 Å². The van der Waals surface area contributed by atoms with Crippen LogP contribution in [0.4, 0.5) is 4.79 Å². The summed E-state index contributed by atoms with van der Waals surface area (Å²) in [5.74, 6) is -1.26. The van der Waals surface area contributed by atoms with Gasteiger partial charge in [0.15, 0.2) is 0 Å². The second-order valence-electron chi connectivity index (χ2n) is 6.81. The monoisotopic (exact) mass is 420 g/mol. The van der Waals surface area contributed by atoms with Crippen LogP contribution in [0, 0.1) is 0 Å². The van der Waals surface area contributed by atoms with E-state index in [9.17, 15) is 19.5 Å². The number of aliphatic hydroxyl groups excluding tert-OH is 1. The average molecular weight is 421 g/mol. The maximum Gasteiger partial charge on any atom is 0.408 e. The molecule has 0 saturated heterocycles. The number of ether oxygens (including phenoxy) is 2. The Morgan fingerprint density at radius 1 is 1.07 bits per heavy atom. The molecule has 1 aromatic carbocycles. The van der Waals surface area contributed by atoms with Gasteiger partial charge in [0.1, 0.15) is 18.7 Å². The van der Waals surface area contributed by atoms with Crippen molar-refractivity contribution in [2.45, 2.75) is 57.2 Å². The Morgan fingerprint density at radius 2 is 1.77 bits per heavy atom. The van der Waals surface area contributed by atoms with Crippen LogP contribution in [0.3, 0.4) is 0 Å². The number of benzene rings is 1. The molecule has 0 bridgehead atoms. The Balaban J connectivity index is 2.49. The van der Waals surface area contributed by atoms with E-state index in [1.54, 1.807) is 12.1 Å². The molecule has 166 valence electrons. The molecule has 0 fully saturated rings. The molecule has 0 spiro atoms. The molecule has 1 rings (SSSR count). The van der Waals surface area contributed by atoms with E-state index in [0.717, 1.165) is 37.7 Å². The predicted molar refractivity (Wildman–Crippen MR) is 112 cm³/mol. The van der Waals surface area contributed by atoms with E-state index in [2.05, 4.69) is 17.2 Å². The van der Waals surface area contributed by atoms with Crippen LogP contribution in [-0.4, -0.2) is 48.9 Å². The number of carbonyl (C=O) groups is 3. The SMILES string of the molecule is C=CCCCCCC[C@@H](NC(=O)[C@H](CO)NC(=O)OCc1ccccc1)C(=O)OC. The molecule has 30 heavy (non-hydrogen) atoms. The lowest BCUT2D eigenvalue weighted by molar-refractivity contribution is -0.145. The fourth-order valence-electron chi connectivity index (χ4n) is 2.76. The van der Waals surface area contributed by atoms with Crippen molar-refractivity contribution in [2.75, 3.05) is 13.7 Å². The molecule has 0 aliphatic carbocycles. The van der Waals surface area contributed by atoms with Crippen LogP contribution < -0.4 is 10.6 Å². The first-order valence-corrected chi connectivity index (χ1v) is 10.1. The number of amides is 2. The zero-order chi connectivity index (χ0) is 22.2. The largest absolute Gasteiger partial charge is 0.467 e. The van der Waals surface area contributed by atoms with E-state index >= 15 is 0 Å². The lowest BCUT2D eigenvalue weighted by atomic mass is 10.1. The summed E-state index contributed by atoms with van der Waals surface area (Å²) in [5.41, 5.74) is 0.788. The Kier molecular flexibility index (Phi) is 12.6. The van der Waals surface area contributed by atoms with Gasteiger partial charge in [0, 0.05) is 0 Å². The summed E-state index contributed by atoms with van der Waals surface area (Å²) in [6.45, 7) is 3.07. The summed E-state index contributed by atoms with van der Waals surface area (Å²) in [7, 11) is 1.24. The van der Waals surface area contributed by atoms with Gasteiger partial charge in [-0.15, -0.1) is 6.58 Å². The van der Waals surface area contributed by atoms with Gasteiger partial charge in [0.25, 0.3) is 0 Å². The van der Waals surface area contributed by atoms with Gasteiger partial charge >= 0.3 is 12.1 Å². The number of hydrogen-bond donors (Lipinski definition) is 3. The molecule has 3 N–H and O–H groups in total. The molecule has 0 radical (unpaired) electrons. The van der Waals surface area contributed by atoms with Gasteiger partial charge in [-0.05, 0) is 24.8 Å². The molecule has 0 aliphatic heterocycles. The molecule has 1 aromatic rings. The number of allylic oxidation sites excluding steroid dienone is 1. The molecule has 0 aliphatic rings. The van der Waals surface area contributed by atoms with Crippen molar-refractivity contribution in [3.8, 4) is 0 Å². The molecule has 2 amide bonds. The lowest BCUT2D eigenvalue weighted by Crippen LogP contribution is -2.53. The zero-order valence-electron chi connectivity index (χ0n) is 17.5. The Hall–Kier alpha value is -2.87. The molecule has 0 heterocycles. The zero-order valence-corrected chi connectivity index (χ0v) is 17.5. The summed E-state index contributed by atoms with van der Waals surface area (Å²) < 4.78 is 9.81. The van der Waals surface area contributed by atoms with Crippen molar-refractivity contribution < 1.29 is 29.0 Å². The van der Waals surface area contributed by atoms with E-state index in [1.165, 1.54) is 7.11 Å². The predicted octanol–water partition coefficient (Wildman–Crippen LogP) is 2.46. The maximum absolute atomic E-state index is 12.4. The number of nitrogens with one attached hydrogen (secondary N) is 2. The highest BCUT2D eigenvalue weighted by atomic mass is 16.5. The Bertz CT molecular complexity index is 665. The first kappa shape index (κ1) is 25.2. The third-order valence-electron chi connectivity index (χ3n) is 4.46. The third kappa shape index (κ3) is 10.1. The van der Waals surface area contributed by atoms with Crippen LogP contribution in [0.1, 0.15) is 44.1 Å². The third-order valence-corrected chi connectivity index (χ3v) is 4.46. The standard InChI is InChI=1S/C22H32N2O6/c1-3-4-5-6-7-11-14-18(21(27)29-2)23-20(26)19(15-25)24-22(28)30-16-17-12-9-8-10-13-17/h3,8-10,12-13,18-19,25H,1,4-7,11,14-16H2,2H3,(H,23,26)(H,24,28)/t18-,19+/m1/s1. The van der Waals surface area contributed by atoms with Gasteiger partial charge in [0.05, 0.1) is 13.7 Å². The van der Waals surface area contributed by atoms with Crippen molar-refractivity contribution in [1.29, 1.82) is 0 Å². The van der Waals surface area contributed by atoms with Crippen LogP contribution in [-0.2, 0) is 25.7 Å². The highest BCUT2D eigenvalue weighted by molar-refractivity contribution is 5.89. The fourth-order valence-corrected chi connectivity index (χ4v) is 2.76. The molecule has 0 unspecified atom stereocenters. The van der Waals surface area contributed by atoms with Gasteiger partial charge in [-0.25, -0.2) is 9.59 Å². The van der Waals surface area contributed by atoms with Crippen molar-refractivity contribution in [3.63, 3.8) is 0 Å². The lowest BCUT2D eigenvalue weighted by Gasteiger charge is -2.21. The number of aliphatic hydroxyl groups is 1. The van der Waals surface area contributed by atoms with E-state index in [-0.39, 0.29) is 6.61 Å². The summed E-state index contributed by atoms with van der Waals surface area (Å²) in [5, 5.41) is 14.3. The number of esters is 1. The minimum Gasteiger partial charge on any atom is -0.467 e. The molecule has 2 atom stereocenters. The van der Waals surface area contributed by atoms with E-state index < -0.39 is 36.7 Å². The van der Waals surface area contributed by atoms with Crippen molar-refractivity contribution in [3.05, 3.63) is 48.6 Å². The van der Waals surface area contributed by atoms with E-state index in [0.29, 0.717) is 6.42 Å². The van der Waals surface area contributed by atoms with Gasteiger partial charge < -0.3 is 25.2 Å². The van der Waals surface area contributed by atoms with Crippen LogP contribution in [0.15, 0.2) is 43.0 Å². The maximum atomic E-state index is 12.4. The van der Waals surface area contributed by atoms with Crippen molar-refractivity contribution in [2.24, 2.45) is 0 Å². The highest BCUT2D eigenvalue weighted by Crippen LogP contribution is 2.09. The van der Waals surface area contributed by atoms with Crippen LogP contribution in [0.25, 0.3) is 0 Å². The molecule has 0 saturated carbocycles. The molecule has 8 nitrogen and oxygen atoms in total. The summed E-state index contributed by atoms with van der Waals surface area (Å²) in [4.78, 5) is 36.4. The summed E-state index contributed by atoms with van der Waals surface area (Å²) in [6, 6.07) is 6.96. The van der Waals surface area contributed by atoms with Crippen LogP contribution in [0.5, 0.6) is 0 Å². The Morgan fingerprint density at radius 3 is 2.40 bits per heavy atom. The van der Waals surface area contributed by atoms with Crippen molar-refractivity contribution in [1.82, 2.24) is 10.6 Å². The Labute approximate surface area is 177 Å². The first-order chi connectivity index (χ1) is 14.5. The van der Waals surface area contributed by atoms with Crippen molar-refractivity contribution >= 4 is 18.0 Å². The van der Waals surface area contributed by atoms with Gasteiger partial charge in [-0.1, -0.05) is 55.7 Å². The van der Waals surface area contributed by atoms with Gasteiger partial charge in [-0.2, -0.15) is 0 Å². The number of unbranched alkanes of at least 4 members (excludes halogenated alkanes) is 4. The van der Waals surface area contributed by atoms with Crippen LogP contribution >= 0.6 is 0 Å². The van der Waals surface area contributed by atoms with Gasteiger partial charge in [0.2, 0.25) is 5.91 Å². The highest BCUT2D eigenvalue weighted by Gasteiger charge is 2.27. The minimum absolute atomic E-state index is 0.0308. The molecule has 0 aromatic heterocycles. The molecule has 8 heteroatoms. The topological polar surface area (TPSA) is 114 Å². The summed E-state index contributed by atoms with van der Waals surface area (Å²) in [6.07, 6.45) is 6.04. The fraction of sp³-hybridized carbons (Fsp3) is 0.500. The summed E-state index contributed by atoms with van der Waals surface area (Å²) >= 11 is 0. The van der Waals surface area contributed by atoms with Gasteiger partial charge in [-0.3, -0.25) is 4.79 Å². The number of methoxy groups -OCH3 is 1. The molecular weight excluding hydrogens is 388 g/mol. The smallest absolute Gasteiger partial charge is 0.408 e. The quantitative estimate of drug-likeness (QED) is 0.242. The number of alkyl carbamates (subject to hydrolysis) is 1. The first-order valence-electron chi connectivity index (χ1n) is 10.1. The van der Waals surface area contributed by atoms with Crippen LogP contribution in [0.2, 0.25) is 0 Å².